The minimum absolute atomic E-state index is 0.00416. The molecule has 1 saturated carbocycles. The molecule has 7 heteroatoms. The van der Waals surface area contributed by atoms with E-state index in [1.165, 1.54) is 29.0 Å². The third-order valence-corrected chi connectivity index (χ3v) is 8.69. The van der Waals surface area contributed by atoms with Crippen LogP contribution in [0, 0.1) is 23.5 Å². The lowest BCUT2D eigenvalue weighted by Crippen LogP contribution is -2.44. The van der Waals surface area contributed by atoms with Gasteiger partial charge in [0.1, 0.15) is 17.5 Å². The van der Waals surface area contributed by atoms with Gasteiger partial charge in [0.15, 0.2) is 0 Å². The van der Waals surface area contributed by atoms with E-state index in [2.05, 4.69) is 27.4 Å². The van der Waals surface area contributed by atoms with Crippen molar-refractivity contribution in [2.24, 2.45) is 11.8 Å². The minimum Gasteiger partial charge on any atom is -0.311 e. The number of hydrogen-bond donors (Lipinski definition) is 2. The van der Waals surface area contributed by atoms with Crippen molar-refractivity contribution in [2.75, 3.05) is 5.32 Å². The number of benzene rings is 1. The van der Waals surface area contributed by atoms with Crippen LogP contribution in [-0.4, -0.2) is 21.1 Å². The summed E-state index contributed by atoms with van der Waals surface area (Å²) in [5.74, 6) is 1.23. The normalized spacial score (nSPS) is 29.0. The Hall–Kier alpha value is -3.09. The second-order valence-electron chi connectivity index (χ2n) is 10.4. The number of anilines is 1. The zero-order valence-electron chi connectivity index (χ0n) is 19.2. The van der Waals surface area contributed by atoms with Crippen molar-refractivity contribution in [3.63, 3.8) is 0 Å². The Morgan fingerprint density at radius 1 is 1.15 bits per heavy atom. The molecule has 1 fully saturated rings. The lowest BCUT2D eigenvalue weighted by atomic mass is 9.53. The van der Waals surface area contributed by atoms with Gasteiger partial charge in [-0.15, -0.1) is 0 Å². The van der Waals surface area contributed by atoms with Crippen LogP contribution < -0.4 is 5.32 Å². The predicted molar refractivity (Wildman–Crippen MR) is 124 cm³/mol. The molecule has 5 nitrogen and oxygen atoms in total. The molecular weight excluding hydrogens is 434 g/mol. The van der Waals surface area contributed by atoms with Crippen molar-refractivity contribution < 1.29 is 13.6 Å². The number of nitrogens with one attached hydrogen (secondary N) is 2. The van der Waals surface area contributed by atoms with Gasteiger partial charge in [-0.1, -0.05) is 13.0 Å². The van der Waals surface area contributed by atoms with E-state index in [1.54, 1.807) is 12.1 Å². The van der Waals surface area contributed by atoms with E-state index < -0.39 is 5.82 Å². The van der Waals surface area contributed by atoms with E-state index in [9.17, 15) is 13.6 Å². The van der Waals surface area contributed by atoms with Gasteiger partial charge >= 0.3 is 0 Å². The van der Waals surface area contributed by atoms with Crippen molar-refractivity contribution in [2.45, 2.75) is 62.7 Å². The van der Waals surface area contributed by atoms with Crippen LogP contribution >= 0.6 is 0 Å². The van der Waals surface area contributed by atoms with Gasteiger partial charge in [-0.05, 0) is 96.7 Å². The van der Waals surface area contributed by atoms with Gasteiger partial charge in [-0.25, -0.2) is 13.8 Å². The Morgan fingerprint density at radius 2 is 2.00 bits per heavy atom. The summed E-state index contributed by atoms with van der Waals surface area (Å²) in [7, 11) is 0. The fourth-order valence-electron chi connectivity index (χ4n) is 7.34. The summed E-state index contributed by atoms with van der Waals surface area (Å²) >= 11 is 0. The van der Waals surface area contributed by atoms with Crippen LogP contribution in [0.1, 0.15) is 73.2 Å². The number of H-pyrrole nitrogens is 1. The Kier molecular flexibility index (Phi) is 5.04. The number of aromatic amines is 1. The molecule has 0 bridgehead atoms. The quantitative estimate of drug-likeness (QED) is 0.529. The molecule has 2 N–H and O–H groups in total. The lowest BCUT2D eigenvalue weighted by molar-refractivity contribution is -0.116. The van der Waals surface area contributed by atoms with Crippen molar-refractivity contribution in [3.05, 3.63) is 76.7 Å². The zero-order valence-corrected chi connectivity index (χ0v) is 19.2. The summed E-state index contributed by atoms with van der Waals surface area (Å²) < 4.78 is 27.0. The smallest absolute Gasteiger partial charge is 0.225 e. The van der Waals surface area contributed by atoms with Gasteiger partial charge < -0.3 is 5.32 Å². The fraction of sp³-hybridized carbons (Fsp3) is 0.444. The number of halogens is 2. The summed E-state index contributed by atoms with van der Waals surface area (Å²) in [5, 5.41) is 10.5. The molecular formula is C27H28F2N4O. The molecule has 6 rings (SSSR count). The van der Waals surface area contributed by atoms with Gasteiger partial charge in [-0.2, -0.15) is 5.10 Å². The highest BCUT2D eigenvalue weighted by molar-refractivity contribution is 5.89. The molecule has 3 unspecified atom stereocenters. The summed E-state index contributed by atoms with van der Waals surface area (Å²) in [6.07, 6.45) is 8.21. The van der Waals surface area contributed by atoms with Crippen LogP contribution in [0.2, 0.25) is 0 Å². The summed E-state index contributed by atoms with van der Waals surface area (Å²) in [6.45, 7) is 2.35. The first-order valence-corrected chi connectivity index (χ1v) is 12.2. The molecule has 5 atom stereocenters. The topological polar surface area (TPSA) is 70.7 Å². The maximum Gasteiger partial charge on any atom is 0.225 e. The van der Waals surface area contributed by atoms with Crippen LogP contribution in [0.25, 0.3) is 0 Å². The Balaban J connectivity index is 1.26. The monoisotopic (exact) mass is 462 g/mol. The van der Waals surface area contributed by atoms with Gasteiger partial charge in [0.25, 0.3) is 0 Å². The van der Waals surface area contributed by atoms with Gasteiger partial charge in [-0.3, -0.25) is 9.89 Å². The first-order valence-electron chi connectivity index (χ1n) is 12.2. The molecule has 1 amide bonds. The molecule has 2 aromatic heterocycles. The summed E-state index contributed by atoms with van der Waals surface area (Å²) in [5.41, 5.74) is 4.94. The van der Waals surface area contributed by atoms with Gasteiger partial charge in [0, 0.05) is 17.5 Å². The van der Waals surface area contributed by atoms with Gasteiger partial charge in [0.2, 0.25) is 5.91 Å². The third kappa shape index (κ3) is 3.36. The van der Waals surface area contributed by atoms with E-state index in [0.29, 0.717) is 30.0 Å². The van der Waals surface area contributed by atoms with E-state index >= 15 is 0 Å². The number of hydrogen-bond acceptors (Lipinski definition) is 3. The Labute approximate surface area is 197 Å². The highest BCUT2D eigenvalue weighted by Gasteiger charge is 2.57. The molecule has 0 radical (unpaired) electrons. The molecule has 34 heavy (non-hydrogen) atoms. The molecule has 0 aliphatic heterocycles. The second-order valence-corrected chi connectivity index (χ2v) is 10.4. The molecule has 3 aromatic rings. The van der Waals surface area contributed by atoms with E-state index in [-0.39, 0.29) is 23.1 Å². The first-order chi connectivity index (χ1) is 16.4. The van der Waals surface area contributed by atoms with Crippen LogP contribution in [0.3, 0.4) is 0 Å². The predicted octanol–water partition coefficient (Wildman–Crippen LogP) is 5.61. The third-order valence-electron chi connectivity index (χ3n) is 8.69. The molecule has 1 aromatic carbocycles. The fourth-order valence-corrected chi connectivity index (χ4v) is 7.34. The number of aromatic nitrogens is 3. The van der Waals surface area contributed by atoms with Crippen molar-refractivity contribution in [3.8, 4) is 0 Å². The number of aryl methyl sites for hydroxylation is 1. The minimum atomic E-state index is -0.431. The number of amides is 1. The van der Waals surface area contributed by atoms with Crippen molar-refractivity contribution in [1.29, 1.82) is 0 Å². The van der Waals surface area contributed by atoms with E-state index in [0.717, 1.165) is 43.9 Å². The van der Waals surface area contributed by atoms with E-state index in [1.807, 2.05) is 12.3 Å². The van der Waals surface area contributed by atoms with Gasteiger partial charge in [0.05, 0.1) is 12.4 Å². The standard InChI is InChI=1S/C27H28F2N4O/c1-27-11-10-19-18-6-3-16(28)12-15(18)2-5-20(19)25(27)21(22-14-31-33-26(22)27)7-9-24(34)32-23-8-4-17(29)13-30-23/h3-4,6,8,12-14,19-21,25H,2,5,7,9-11H2,1H3,(H,31,33)(H,30,32,34)/t19?,20?,21-,25?,27+/m1/s1. The molecule has 176 valence electrons. The molecule has 3 aliphatic rings. The number of carbonyl (C=O) groups is 1. The molecule has 2 heterocycles. The van der Waals surface area contributed by atoms with E-state index in [4.69, 9.17) is 0 Å². The summed E-state index contributed by atoms with van der Waals surface area (Å²) in [6, 6.07) is 8.07. The summed E-state index contributed by atoms with van der Waals surface area (Å²) in [4.78, 5) is 16.7. The lowest BCUT2D eigenvalue weighted by Gasteiger charge is -2.50. The number of carbonyl (C=O) groups excluding carboxylic acids is 1. The van der Waals surface area contributed by atoms with Crippen LogP contribution in [0.4, 0.5) is 14.6 Å². The molecule has 3 aliphatic carbocycles. The van der Waals surface area contributed by atoms with Crippen LogP contribution in [-0.2, 0) is 16.6 Å². The molecule has 0 saturated heterocycles. The highest BCUT2D eigenvalue weighted by atomic mass is 19.1. The number of nitrogens with zero attached hydrogens (tertiary/aromatic N) is 2. The van der Waals surface area contributed by atoms with Crippen LogP contribution in [0.15, 0.2) is 42.7 Å². The highest BCUT2D eigenvalue weighted by Crippen LogP contribution is 2.64. The Bertz CT molecular complexity index is 1240. The van der Waals surface area contributed by atoms with Crippen molar-refractivity contribution in [1.82, 2.24) is 15.2 Å². The second kappa shape index (κ2) is 8.00. The Morgan fingerprint density at radius 3 is 2.82 bits per heavy atom. The first kappa shape index (κ1) is 21.4. The maximum atomic E-state index is 13.9. The average molecular weight is 463 g/mol. The number of fused-ring (bicyclic) bond motifs is 7. The average Bonchev–Trinajstić information content (AvgIpc) is 3.40. The SMILES string of the molecule is C[C@]12CCC3c4ccc(F)cc4CCC3C1[C@H](CCC(=O)Nc1ccc(F)cn1)c1cn[nH]c12. The molecule has 0 spiro atoms. The van der Waals surface area contributed by atoms with Crippen molar-refractivity contribution >= 4 is 11.7 Å². The van der Waals surface area contributed by atoms with Crippen LogP contribution in [0.5, 0.6) is 0 Å². The maximum absolute atomic E-state index is 13.9. The zero-order chi connectivity index (χ0) is 23.4. The number of rotatable bonds is 4. The number of pyridine rings is 1. The largest absolute Gasteiger partial charge is 0.311 e.